The first-order valence-electron chi connectivity index (χ1n) is 7.85. The highest BCUT2D eigenvalue weighted by Gasteiger charge is 2.16. The summed E-state index contributed by atoms with van der Waals surface area (Å²) in [4.78, 5) is 16.7. The van der Waals surface area contributed by atoms with E-state index in [9.17, 15) is 4.79 Å². The Bertz CT molecular complexity index is 1100. The SMILES string of the molecule is N#Cc1cccc(COC(=O)c2ccc(-c3nc4ccccc4s3)o2)c1. The average molecular weight is 360 g/mol. The lowest BCUT2D eigenvalue weighted by Gasteiger charge is -2.03. The van der Waals surface area contributed by atoms with E-state index < -0.39 is 5.97 Å². The van der Waals surface area contributed by atoms with Crippen molar-refractivity contribution in [3.05, 3.63) is 77.6 Å². The zero-order valence-electron chi connectivity index (χ0n) is 13.5. The molecule has 2 aromatic heterocycles. The van der Waals surface area contributed by atoms with Crippen LogP contribution in [0.2, 0.25) is 0 Å². The van der Waals surface area contributed by atoms with E-state index in [2.05, 4.69) is 11.1 Å². The Morgan fingerprint density at radius 2 is 2.04 bits per heavy atom. The first-order chi connectivity index (χ1) is 12.7. The van der Waals surface area contributed by atoms with E-state index in [1.54, 1.807) is 36.4 Å². The standard InChI is InChI=1S/C20H12N2O3S/c21-11-13-4-3-5-14(10-13)12-24-20(23)17-9-8-16(25-17)19-22-15-6-1-2-7-18(15)26-19/h1-10H,12H2. The lowest BCUT2D eigenvalue weighted by Crippen LogP contribution is -2.04. The number of rotatable bonds is 4. The van der Waals surface area contributed by atoms with Crippen LogP contribution in [0.4, 0.5) is 0 Å². The van der Waals surface area contributed by atoms with Crippen molar-refractivity contribution in [1.29, 1.82) is 5.26 Å². The lowest BCUT2D eigenvalue weighted by atomic mass is 10.1. The minimum absolute atomic E-state index is 0.0749. The highest BCUT2D eigenvalue weighted by atomic mass is 32.1. The predicted octanol–water partition coefficient (Wildman–Crippen LogP) is 4.78. The Labute approximate surface area is 153 Å². The molecule has 2 aromatic carbocycles. The Kier molecular flexibility index (Phi) is 4.22. The highest BCUT2D eigenvalue weighted by molar-refractivity contribution is 7.21. The smallest absolute Gasteiger partial charge is 0.374 e. The van der Waals surface area contributed by atoms with Gasteiger partial charge < -0.3 is 9.15 Å². The van der Waals surface area contributed by atoms with Crippen LogP contribution >= 0.6 is 11.3 Å². The quantitative estimate of drug-likeness (QED) is 0.489. The fourth-order valence-electron chi connectivity index (χ4n) is 2.49. The number of aromatic nitrogens is 1. The number of hydrogen-bond donors (Lipinski definition) is 0. The number of ether oxygens (including phenoxy) is 1. The Morgan fingerprint density at radius 3 is 2.88 bits per heavy atom. The second-order valence-corrected chi connectivity index (χ2v) is 6.57. The molecule has 0 aliphatic carbocycles. The molecule has 0 aliphatic rings. The number of nitrogens with zero attached hydrogens (tertiary/aromatic N) is 2. The molecule has 6 heteroatoms. The van der Waals surface area contributed by atoms with Crippen molar-refractivity contribution in [2.45, 2.75) is 6.61 Å². The second-order valence-electron chi connectivity index (χ2n) is 5.54. The van der Waals surface area contributed by atoms with Crippen LogP contribution in [0.25, 0.3) is 21.0 Å². The predicted molar refractivity (Wildman–Crippen MR) is 97.6 cm³/mol. The second kappa shape index (κ2) is 6.82. The molecule has 0 N–H and O–H groups in total. The maximum Gasteiger partial charge on any atom is 0.374 e. The molecule has 4 aromatic rings. The third kappa shape index (κ3) is 3.21. The first kappa shape index (κ1) is 16.1. The molecule has 126 valence electrons. The van der Waals surface area contributed by atoms with Gasteiger partial charge in [-0.25, -0.2) is 9.78 Å². The third-order valence-electron chi connectivity index (χ3n) is 3.74. The van der Waals surface area contributed by atoms with Crippen LogP contribution in [-0.2, 0) is 11.3 Å². The van der Waals surface area contributed by atoms with Gasteiger partial charge in [-0.3, -0.25) is 0 Å². The number of furan rings is 1. The van der Waals surface area contributed by atoms with Crippen molar-refractivity contribution >= 4 is 27.5 Å². The van der Waals surface area contributed by atoms with Gasteiger partial charge in [0.25, 0.3) is 0 Å². The molecule has 0 aliphatic heterocycles. The summed E-state index contributed by atoms with van der Waals surface area (Å²) in [6, 6.07) is 20.1. The van der Waals surface area contributed by atoms with E-state index in [0.29, 0.717) is 16.3 Å². The molecule has 0 radical (unpaired) electrons. The average Bonchev–Trinajstić information content (AvgIpc) is 3.33. The summed E-state index contributed by atoms with van der Waals surface area (Å²) in [5.41, 5.74) is 2.16. The number of carbonyl (C=O) groups excluding carboxylic acids is 1. The Balaban J connectivity index is 1.48. The molecule has 0 amide bonds. The molecule has 0 atom stereocenters. The summed E-state index contributed by atoms with van der Waals surface area (Å²) in [7, 11) is 0. The van der Waals surface area contributed by atoms with Gasteiger partial charge in [-0.05, 0) is 42.0 Å². The van der Waals surface area contributed by atoms with E-state index in [1.807, 2.05) is 24.3 Å². The summed E-state index contributed by atoms with van der Waals surface area (Å²) in [6.07, 6.45) is 0. The van der Waals surface area contributed by atoms with Crippen molar-refractivity contribution in [2.24, 2.45) is 0 Å². The van der Waals surface area contributed by atoms with Gasteiger partial charge in [-0.15, -0.1) is 11.3 Å². The van der Waals surface area contributed by atoms with E-state index in [1.165, 1.54) is 11.3 Å². The van der Waals surface area contributed by atoms with Gasteiger partial charge in [-0.2, -0.15) is 5.26 Å². The molecule has 0 saturated carbocycles. The molecule has 0 bridgehead atoms. The van der Waals surface area contributed by atoms with Gasteiger partial charge in [0, 0.05) is 0 Å². The van der Waals surface area contributed by atoms with Gasteiger partial charge in [0.15, 0.2) is 10.8 Å². The first-order valence-corrected chi connectivity index (χ1v) is 8.66. The monoisotopic (exact) mass is 360 g/mol. The van der Waals surface area contributed by atoms with Gasteiger partial charge in [0.05, 0.1) is 21.8 Å². The van der Waals surface area contributed by atoms with Crippen LogP contribution in [0.15, 0.2) is 65.1 Å². The van der Waals surface area contributed by atoms with E-state index in [4.69, 9.17) is 14.4 Å². The third-order valence-corrected chi connectivity index (χ3v) is 4.79. The zero-order valence-corrected chi connectivity index (χ0v) is 14.3. The molecule has 2 heterocycles. The van der Waals surface area contributed by atoms with Gasteiger partial charge in [0.2, 0.25) is 5.76 Å². The minimum atomic E-state index is -0.556. The van der Waals surface area contributed by atoms with Crippen molar-refractivity contribution < 1.29 is 13.9 Å². The maximum absolute atomic E-state index is 12.2. The number of thiazole rings is 1. The lowest BCUT2D eigenvalue weighted by molar-refractivity contribution is 0.0437. The van der Waals surface area contributed by atoms with Crippen LogP contribution in [0.5, 0.6) is 0 Å². The number of benzene rings is 2. The number of carbonyl (C=O) groups is 1. The number of esters is 1. The van der Waals surface area contributed by atoms with Crippen molar-refractivity contribution in [3.8, 4) is 16.8 Å². The number of fused-ring (bicyclic) bond motifs is 1. The van der Waals surface area contributed by atoms with Crippen molar-refractivity contribution in [3.63, 3.8) is 0 Å². The largest absolute Gasteiger partial charge is 0.455 e. The molecular weight excluding hydrogens is 348 g/mol. The van der Waals surface area contributed by atoms with Crippen LogP contribution in [0.3, 0.4) is 0 Å². The molecule has 5 nitrogen and oxygen atoms in total. The molecule has 0 spiro atoms. The summed E-state index contributed by atoms with van der Waals surface area (Å²) in [5.74, 6) is 0.0973. The van der Waals surface area contributed by atoms with E-state index in [-0.39, 0.29) is 12.4 Å². The zero-order chi connectivity index (χ0) is 17.9. The molecular formula is C20H12N2O3S. The minimum Gasteiger partial charge on any atom is -0.455 e. The van der Waals surface area contributed by atoms with Gasteiger partial charge in [0.1, 0.15) is 6.61 Å². The summed E-state index contributed by atoms with van der Waals surface area (Å²) in [6.45, 7) is 0.0749. The fourth-order valence-corrected chi connectivity index (χ4v) is 3.42. The Hall–Kier alpha value is -3.43. The Morgan fingerprint density at radius 1 is 1.15 bits per heavy atom. The summed E-state index contributed by atoms with van der Waals surface area (Å²) < 4.78 is 11.9. The van der Waals surface area contributed by atoms with Crippen LogP contribution < -0.4 is 0 Å². The normalized spacial score (nSPS) is 10.6. The van der Waals surface area contributed by atoms with Gasteiger partial charge >= 0.3 is 5.97 Å². The molecule has 0 unspecified atom stereocenters. The fraction of sp³-hybridized carbons (Fsp3) is 0.0500. The highest BCUT2D eigenvalue weighted by Crippen LogP contribution is 2.31. The molecule has 0 saturated heterocycles. The van der Waals surface area contributed by atoms with Crippen LogP contribution in [0, 0.1) is 11.3 Å². The van der Waals surface area contributed by atoms with Crippen molar-refractivity contribution in [1.82, 2.24) is 4.98 Å². The number of para-hydroxylation sites is 1. The van der Waals surface area contributed by atoms with Crippen molar-refractivity contribution in [2.75, 3.05) is 0 Å². The molecule has 4 rings (SSSR count). The summed E-state index contributed by atoms with van der Waals surface area (Å²) in [5, 5.41) is 9.62. The van der Waals surface area contributed by atoms with E-state index in [0.717, 1.165) is 15.8 Å². The van der Waals surface area contributed by atoms with Crippen LogP contribution in [-0.4, -0.2) is 11.0 Å². The molecule has 0 fully saturated rings. The van der Waals surface area contributed by atoms with Crippen LogP contribution in [0.1, 0.15) is 21.7 Å². The molecule has 26 heavy (non-hydrogen) atoms. The maximum atomic E-state index is 12.2. The van der Waals surface area contributed by atoms with Gasteiger partial charge in [-0.1, -0.05) is 24.3 Å². The number of hydrogen-bond acceptors (Lipinski definition) is 6. The number of nitriles is 1. The topological polar surface area (TPSA) is 76.1 Å². The summed E-state index contributed by atoms with van der Waals surface area (Å²) >= 11 is 1.50. The van der Waals surface area contributed by atoms with E-state index >= 15 is 0 Å².